The number of anilines is 5. The zero-order valence-corrected chi connectivity index (χ0v) is 36.1. The number of benzene rings is 2. The molecule has 10 rings (SSSR count). The Morgan fingerprint density at radius 2 is 1.14 bits per heavy atom. The summed E-state index contributed by atoms with van der Waals surface area (Å²) in [5, 5.41) is 17.6. The third kappa shape index (κ3) is 10.9. The van der Waals surface area contributed by atoms with Gasteiger partial charge in [-0.2, -0.15) is 10.2 Å². The van der Waals surface area contributed by atoms with Gasteiger partial charge in [0.1, 0.15) is 23.6 Å². The summed E-state index contributed by atoms with van der Waals surface area (Å²) in [5.74, 6) is 1.57. The average Bonchev–Trinajstić information content (AvgIpc) is 4.09. The quantitative estimate of drug-likeness (QED) is 0.0584. The van der Waals surface area contributed by atoms with Crippen molar-refractivity contribution in [1.29, 1.82) is 0 Å². The van der Waals surface area contributed by atoms with E-state index in [1.165, 1.54) is 26.6 Å². The molecule has 2 amide bonds. The van der Waals surface area contributed by atoms with Crippen LogP contribution in [-0.2, 0) is 23.5 Å². The number of hydrogen-bond donors (Lipinski definition) is 4. The van der Waals surface area contributed by atoms with Crippen molar-refractivity contribution in [3.63, 3.8) is 0 Å². The van der Waals surface area contributed by atoms with Gasteiger partial charge in [0, 0.05) is 64.3 Å². The zero-order chi connectivity index (χ0) is 50.8. The maximum atomic E-state index is 12.9. The highest BCUT2D eigenvalue weighted by molar-refractivity contribution is 6.30. The number of primary amides is 1. The van der Waals surface area contributed by atoms with Gasteiger partial charge in [-0.25, -0.2) is 19.9 Å². The number of carbonyl (C=O) groups excluding carboxylic acids is 4. The monoisotopic (exact) mass is 906 g/mol. The minimum atomic E-state index is -2.45. The maximum absolute atomic E-state index is 12.9. The fourth-order valence-electron chi connectivity index (χ4n) is 6.75. The molecular formula is C46H49ClN12O6. The maximum Gasteiger partial charge on any atom is 0.228 e. The van der Waals surface area contributed by atoms with E-state index < -0.39 is 14.0 Å². The van der Waals surface area contributed by atoms with Crippen molar-refractivity contribution in [2.24, 2.45) is 43.4 Å². The summed E-state index contributed by atoms with van der Waals surface area (Å²) in [6.07, 6.45) is 12.5. The number of pyridine rings is 2. The molecule has 19 heteroatoms. The summed E-state index contributed by atoms with van der Waals surface area (Å²) < 4.78 is 57.8. The lowest BCUT2D eigenvalue weighted by atomic mass is 10.1. The first-order chi connectivity index (χ1) is 33.8. The third-order valence-corrected chi connectivity index (χ3v) is 11.0. The van der Waals surface area contributed by atoms with Crippen LogP contribution in [0, 0.1) is 23.7 Å². The Bertz CT molecular complexity index is 2980. The third-order valence-electron chi connectivity index (χ3n) is 10.8. The van der Waals surface area contributed by atoms with E-state index >= 15 is 0 Å². The molecule has 4 heterocycles. The van der Waals surface area contributed by atoms with Crippen molar-refractivity contribution in [2.45, 2.75) is 51.4 Å². The van der Waals surface area contributed by atoms with Crippen LogP contribution in [0.5, 0.6) is 11.5 Å². The highest BCUT2D eigenvalue weighted by atomic mass is 35.5. The summed E-state index contributed by atoms with van der Waals surface area (Å²) in [5.41, 5.74) is 8.79. The van der Waals surface area contributed by atoms with Crippen LogP contribution in [0.25, 0.3) is 22.8 Å². The number of carbonyl (C=O) groups is 4. The number of halogens is 1. The average molecular weight is 907 g/mol. The lowest BCUT2D eigenvalue weighted by molar-refractivity contribution is -0.119. The predicted molar refractivity (Wildman–Crippen MR) is 243 cm³/mol. The smallest absolute Gasteiger partial charge is 0.228 e. The molecule has 4 aliphatic rings. The molecule has 6 aromatic rings. The second-order valence-electron chi connectivity index (χ2n) is 15.9. The van der Waals surface area contributed by atoms with E-state index in [9.17, 15) is 19.2 Å². The molecule has 4 aromatic heterocycles. The van der Waals surface area contributed by atoms with E-state index in [4.69, 9.17) is 35.0 Å². The first kappa shape index (κ1) is 37.2. The molecular weight excluding hydrogens is 852 g/mol. The fraction of sp³-hybridized carbons (Fsp3) is 0.348. The molecule has 0 aliphatic heterocycles. The number of aromatic nitrogens is 8. The highest BCUT2D eigenvalue weighted by Gasteiger charge is 2.34. The van der Waals surface area contributed by atoms with E-state index in [0.717, 1.165) is 73.4 Å². The van der Waals surface area contributed by atoms with Crippen molar-refractivity contribution in [2.75, 3.05) is 30.2 Å². The number of ether oxygens (including phenoxy) is 2. The number of methoxy groups -OCH3 is 2. The molecule has 0 bridgehead atoms. The van der Waals surface area contributed by atoms with Crippen molar-refractivity contribution >= 4 is 63.5 Å². The van der Waals surface area contributed by atoms with Gasteiger partial charge in [0.05, 0.1) is 59.2 Å². The number of nitrogens with zero attached hydrogens (tertiary/aromatic N) is 8. The minimum Gasteiger partial charge on any atom is -0.494 e. The molecule has 0 spiro atoms. The Morgan fingerprint density at radius 1 is 0.662 bits per heavy atom. The van der Waals surface area contributed by atoms with Gasteiger partial charge in [-0.05, 0) is 81.7 Å². The summed E-state index contributed by atoms with van der Waals surface area (Å²) in [7, 11) is 2.97. The Hall–Kier alpha value is -7.21. The number of rotatable bonds is 15. The second kappa shape index (κ2) is 19.3. The Morgan fingerprint density at radius 3 is 1.55 bits per heavy atom. The van der Waals surface area contributed by atoms with Crippen LogP contribution in [0.1, 0.15) is 80.3 Å². The molecule has 2 aromatic carbocycles. The molecule has 65 heavy (non-hydrogen) atoms. The van der Waals surface area contributed by atoms with Crippen LogP contribution < -0.4 is 31.2 Å². The Kier molecular flexibility index (Phi) is 11.0. The van der Waals surface area contributed by atoms with Crippen molar-refractivity contribution in [3.8, 4) is 34.3 Å². The molecule has 0 saturated heterocycles. The number of para-hydroxylation sites is 2. The Labute approximate surface area is 388 Å². The summed E-state index contributed by atoms with van der Waals surface area (Å²) in [4.78, 5) is 64.4. The number of Topliss-reactive ketones (excluding diaryl/α,β-unsaturated/α-hetero) is 2. The molecule has 18 nitrogen and oxygen atoms in total. The van der Waals surface area contributed by atoms with Gasteiger partial charge in [0.2, 0.25) is 11.8 Å². The number of nitrogens with two attached hydrogens (primary N) is 1. The summed E-state index contributed by atoms with van der Waals surface area (Å²) in [6.45, 7) is -4.88. The first-order valence-electron chi connectivity index (χ1n) is 23.9. The predicted octanol–water partition coefficient (Wildman–Crippen LogP) is 7.33. The topological polar surface area (TPSA) is 236 Å². The summed E-state index contributed by atoms with van der Waals surface area (Å²) >= 11 is 6.06. The van der Waals surface area contributed by atoms with Crippen LogP contribution in [0.15, 0.2) is 73.6 Å². The highest BCUT2D eigenvalue weighted by Crippen LogP contribution is 2.42. The molecule has 4 aliphatic carbocycles. The lowest BCUT2D eigenvalue weighted by Crippen LogP contribution is -2.15. The van der Waals surface area contributed by atoms with Gasteiger partial charge in [0.15, 0.2) is 34.7 Å². The van der Waals surface area contributed by atoms with Gasteiger partial charge in [-0.1, -0.05) is 23.7 Å². The number of hydrogen-bond acceptors (Lipinski definition) is 14. The largest absolute Gasteiger partial charge is 0.494 e. The van der Waals surface area contributed by atoms with Crippen LogP contribution in [0.3, 0.4) is 0 Å². The molecule has 336 valence electrons. The van der Waals surface area contributed by atoms with E-state index in [-0.39, 0.29) is 63.9 Å². The molecule has 4 fully saturated rings. The number of ketones is 2. The van der Waals surface area contributed by atoms with Crippen molar-refractivity contribution in [1.82, 2.24) is 39.5 Å². The van der Waals surface area contributed by atoms with E-state index in [1.54, 1.807) is 48.5 Å². The number of amides is 2. The van der Waals surface area contributed by atoms with Gasteiger partial charge < -0.3 is 31.2 Å². The summed E-state index contributed by atoms with van der Waals surface area (Å²) in [6, 6.07) is 13.7. The normalized spacial score (nSPS) is 16.8. The molecule has 0 radical (unpaired) electrons. The second-order valence-corrected chi connectivity index (χ2v) is 16.3. The van der Waals surface area contributed by atoms with Crippen LogP contribution >= 0.6 is 11.6 Å². The van der Waals surface area contributed by atoms with Gasteiger partial charge in [0.25, 0.3) is 0 Å². The van der Waals surface area contributed by atoms with E-state index in [1.807, 2.05) is 0 Å². The number of aryl methyl sites for hydroxylation is 2. The lowest BCUT2D eigenvalue weighted by Gasteiger charge is -2.17. The van der Waals surface area contributed by atoms with Crippen molar-refractivity contribution < 1.29 is 36.9 Å². The SMILES string of the molecule is NC(=O)C1CC1.[2H]C([2H])([2H])n1cnc(-c2cccc(Nc3cc(Cl)ncc3C(=O)C3CC3)c2OC)n1.[2H]C([2H])([2H])n1cnc(-c2cccc(Nc3cc(NC(=O)C4CC4)ncc3C(=O)C3CC3)c2OC)n1. The van der Waals surface area contributed by atoms with Gasteiger partial charge in [-0.3, -0.25) is 28.5 Å². The van der Waals surface area contributed by atoms with Gasteiger partial charge in [-0.15, -0.1) is 0 Å². The van der Waals surface area contributed by atoms with Crippen LogP contribution in [0.4, 0.5) is 28.6 Å². The van der Waals surface area contributed by atoms with Crippen LogP contribution in [0.2, 0.25) is 5.15 Å². The van der Waals surface area contributed by atoms with Crippen molar-refractivity contribution in [3.05, 3.63) is 89.9 Å². The number of nitrogens with one attached hydrogen (secondary N) is 3. The zero-order valence-electron chi connectivity index (χ0n) is 41.4. The minimum absolute atomic E-state index is 0.00622. The van der Waals surface area contributed by atoms with E-state index in [0.29, 0.717) is 62.3 Å². The molecule has 0 atom stereocenters. The fourth-order valence-corrected chi connectivity index (χ4v) is 6.91. The first-order valence-corrected chi connectivity index (χ1v) is 21.3. The van der Waals surface area contributed by atoms with Crippen LogP contribution in [-0.4, -0.2) is 77.1 Å². The molecule has 4 saturated carbocycles. The molecule has 0 unspecified atom stereocenters. The van der Waals surface area contributed by atoms with E-state index in [2.05, 4.69) is 46.1 Å². The Balaban J connectivity index is 0.000000172. The standard InChI is InChI=1S/C23H24N6O3.C19H18ClN5O2.C4H7NO/c1-29-12-25-22(28-29)15-4-3-5-17(21(15)32-2)26-18-10-19(27-23(31)14-8-9-14)24-11-16(18)20(30)13-6-7-13;1-25-10-22-19(24-25)12-4-3-5-14(18(12)27-2)23-15-8-16(20)21-9-13(15)17(26)11-6-7-11;5-4(6)3-1-2-3/h3-5,10-14H,6-9H2,1-2H3,(H2,24,26,27,31);3-5,8-11H,6-7H2,1-2H3,(H,21,23);3H,1-2H2,(H2,5,6)/i2*1D3;. The van der Waals surface area contributed by atoms with Gasteiger partial charge >= 0.3 is 0 Å². The molecule has 5 N–H and O–H groups in total.